The first kappa shape index (κ1) is 12.2. The average molecular weight is 341 g/mol. The Balaban J connectivity index is 1.61. The van der Waals surface area contributed by atoms with E-state index in [1.807, 2.05) is 23.1 Å². The molecule has 0 radical (unpaired) electrons. The third-order valence-electron chi connectivity index (χ3n) is 4.33. The Bertz CT molecular complexity index is 657. The fraction of sp³-hybridized carbons (Fsp3) is 0.429. The van der Waals surface area contributed by atoms with E-state index in [4.69, 9.17) is 0 Å². The number of hydrogen-bond acceptors (Lipinski definition) is 5. The highest BCUT2D eigenvalue weighted by atomic mass is 32.2. The summed E-state index contributed by atoms with van der Waals surface area (Å²) >= 11 is 10.4. The van der Waals surface area contributed by atoms with E-state index in [1.54, 1.807) is 14.7 Å². The maximum absolute atomic E-state index is 2.46. The summed E-state index contributed by atoms with van der Waals surface area (Å²) in [4.78, 5) is 6.51. The van der Waals surface area contributed by atoms with Gasteiger partial charge < -0.3 is 0 Å². The van der Waals surface area contributed by atoms with Gasteiger partial charge in [-0.3, -0.25) is 0 Å². The zero-order valence-corrected chi connectivity index (χ0v) is 14.6. The van der Waals surface area contributed by atoms with E-state index in [2.05, 4.69) is 72.1 Å². The summed E-state index contributed by atoms with van der Waals surface area (Å²) < 4.78 is 0.622. The van der Waals surface area contributed by atoms with Gasteiger partial charge in [0.15, 0.2) is 0 Å². The molecule has 0 spiro atoms. The molecule has 0 saturated carbocycles. The molecule has 4 atom stereocenters. The van der Waals surface area contributed by atoms with Gasteiger partial charge in [0.2, 0.25) is 0 Å². The van der Waals surface area contributed by atoms with Crippen LogP contribution in [0.15, 0.2) is 37.6 Å². The molecular weight excluding hydrogens is 328 g/mol. The predicted molar refractivity (Wildman–Crippen MR) is 92.4 cm³/mol. The highest BCUT2D eigenvalue weighted by Crippen LogP contribution is 2.74. The van der Waals surface area contributed by atoms with Crippen molar-refractivity contribution in [2.75, 3.05) is 0 Å². The molecule has 5 rings (SSSR count). The topological polar surface area (TPSA) is 0 Å². The summed E-state index contributed by atoms with van der Waals surface area (Å²) in [6.45, 7) is 4.87. The van der Waals surface area contributed by atoms with Gasteiger partial charge in [0.25, 0.3) is 0 Å². The Hall–Kier alpha value is 0.580. The van der Waals surface area contributed by atoms with E-state index < -0.39 is 0 Å². The van der Waals surface area contributed by atoms with Gasteiger partial charge in [-0.05, 0) is 30.7 Å². The minimum atomic E-state index is 0.302. The number of thiophene rings is 1. The van der Waals surface area contributed by atoms with E-state index in [-0.39, 0.29) is 0 Å². The van der Waals surface area contributed by atoms with Crippen LogP contribution in [0.2, 0.25) is 0 Å². The molecule has 0 bridgehead atoms. The molecular formula is C14H12S5. The molecule has 0 aliphatic carbocycles. The number of rotatable bonds is 0. The van der Waals surface area contributed by atoms with E-state index in [0.29, 0.717) is 20.0 Å². The first-order valence-electron chi connectivity index (χ1n) is 6.32. The molecule has 0 N–H and O–H groups in total. The van der Waals surface area contributed by atoms with Crippen LogP contribution in [0.3, 0.4) is 0 Å². The van der Waals surface area contributed by atoms with E-state index in [1.165, 1.54) is 4.90 Å². The second-order valence-electron chi connectivity index (χ2n) is 5.65. The largest absolute Gasteiger partial charge is 0.146 e. The van der Waals surface area contributed by atoms with Crippen LogP contribution in [0, 0.1) is 0 Å². The van der Waals surface area contributed by atoms with Gasteiger partial charge in [-0.1, -0.05) is 6.08 Å². The van der Waals surface area contributed by atoms with Crippen molar-refractivity contribution >= 4 is 58.4 Å². The van der Waals surface area contributed by atoms with Gasteiger partial charge in [0, 0.05) is 19.6 Å². The van der Waals surface area contributed by atoms with Crippen LogP contribution in [0.4, 0.5) is 0 Å². The Kier molecular flexibility index (Phi) is 2.35. The molecule has 98 valence electrons. The third kappa shape index (κ3) is 1.35. The van der Waals surface area contributed by atoms with Gasteiger partial charge in [0.05, 0.1) is 20.0 Å². The highest BCUT2D eigenvalue weighted by Gasteiger charge is 2.60. The van der Waals surface area contributed by atoms with Crippen LogP contribution >= 0.6 is 58.4 Å². The summed E-state index contributed by atoms with van der Waals surface area (Å²) in [7, 11) is 0. The lowest BCUT2D eigenvalue weighted by molar-refractivity contribution is 0.753. The fourth-order valence-corrected chi connectivity index (χ4v) is 12.1. The Morgan fingerprint density at radius 3 is 2.84 bits per heavy atom. The lowest BCUT2D eigenvalue weighted by atomic mass is 10.0. The SMILES string of the molecule is CC12C=CSC1C1=C(S2)C2Sc3ccsc3C2(C)S1. The third-order valence-corrected chi connectivity index (χ3v) is 12.3. The molecule has 1 aromatic heterocycles. The van der Waals surface area contributed by atoms with Crippen molar-refractivity contribution in [2.24, 2.45) is 0 Å². The molecule has 5 heteroatoms. The van der Waals surface area contributed by atoms with Gasteiger partial charge in [-0.25, -0.2) is 0 Å². The first-order valence-corrected chi connectivity index (χ1v) is 10.7. The zero-order valence-electron chi connectivity index (χ0n) is 10.5. The summed E-state index contributed by atoms with van der Waals surface area (Å²) in [5.41, 5.74) is 0. The molecule has 4 aliphatic rings. The summed E-state index contributed by atoms with van der Waals surface area (Å²) in [6, 6.07) is 2.31. The van der Waals surface area contributed by atoms with Gasteiger partial charge in [0.1, 0.15) is 0 Å². The Morgan fingerprint density at radius 2 is 1.95 bits per heavy atom. The molecule has 1 aromatic rings. The van der Waals surface area contributed by atoms with Crippen LogP contribution in [0.5, 0.6) is 0 Å². The molecule has 19 heavy (non-hydrogen) atoms. The smallest absolute Gasteiger partial charge is 0.0697 e. The lowest BCUT2D eigenvalue weighted by Gasteiger charge is -2.31. The average Bonchev–Trinajstić information content (AvgIpc) is 3.06. The molecule has 5 heterocycles. The lowest BCUT2D eigenvalue weighted by Crippen LogP contribution is -2.29. The standard InChI is InChI=1S/C14H12S5/c1-13-4-6-16-11(13)8-9(18-13)12-14(2,19-8)10-7(17-12)3-5-15-10/h3-6,11-12H,1-2H3. The number of hydrogen-bond donors (Lipinski definition) is 0. The molecule has 0 nitrogen and oxygen atoms in total. The second-order valence-corrected chi connectivity index (χ2v) is 11.7. The number of thioether (sulfide) groups is 4. The minimum absolute atomic E-state index is 0.302. The van der Waals surface area contributed by atoms with Gasteiger partial charge in [-0.15, -0.1) is 58.4 Å². The van der Waals surface area contributed by atoms with Crippen LogP contribution in [-0.4, -0.2) is 15.2 Å². The maximum atomic E-state index is 2.46. The first-order chi connectivity index (χ1) is 9.12. The minimum Gasteiger partial charge on any atom is -0.146 e. The van der Waals surface area contributed by atoms with E-state index in [0.717, 1.165) is 0 Å². The summed E-state index contributed by atoms with van der Waals surface area (Å²) in [6.07, 6.45) is 2.42. The van der Waals surface area contributed by atoms with Gasteiger partial charge in [-0.2, -0.15) is 0 Å². The Morgan fingerprint density at radius 1 is 1.11 bits per heavy atom. The van der Waals surface area contributed by atoms with Crippen LogP contribution in [0.25, 0.3) is 0 Å². The normalized spacial score (nSPS) is 45.6. The van der Waals surface area contributed by atoms with Crippen molar-refractivity contribution in [1.82, 2.24) is 0 Å². The quantitative estimate of drug-likeness (QED) is 0.608. The van der Waals surface area contributed by atoms with Crippen molar-refractivity contribution in [3.8, 4) is 0 Å². The summed E-state index contributed by atoms with van der Waals surface area (Å²) in [5, 5.41) is 5.90. The van der Waals surface area contributed by atoms with Crippen molar-refractivity contribution in [3.63, 3.8) is 0 Å². The Labute approximate surface area is 134 Å². The van der Waals surface area contributed by atoms with Crippen molar-refractivity contribution in [1.29, 1.82) is 0 Å². The molecule has 0 aromatic carbocycles. The maximum Gasteiger partial charge on any atom is 0.0697 e. The summed E-state index contributed by atoms with van der Waals surface area (Å²) in [5.74, 6) is 0. The molecule has 4 aliphatic heterocycles. The molecule has 0 saturated heterocycles. The predicted octanol–water partition coefficient (Wildman–Crippen LogP) is 5.53. The van der Waals surface area contributed by atoms with Crippen LogP contribution < -0.4 is 0 Å². The fourth-order valence-electron chi connectivity index (χ4n) is 3.33. The van der Waals surface area contributed by atoms with Crippen molar-refractivity contribution in [2.45, 2.75) is 38.7 Å². The highest BCUT2D eigenvalue weighted by molar-refractivity contribution is 8.16. The molecule has 4 unspecified atom stereocenters. The van der Waals surface area contributed by atoms with Crippen molar-refractivity contribution in [3.05, 3.63) is 37.6 Å². The zero-order chi connectivity index (χ0) is 12.8. The van der Waals surface area contributed by atoms with Gasteiger partial charge >= 0.3 is 0 Å². The van der Waals surface area contributed by atoms with E-state index in [9.17, 15) is 0 Å². The molecule has 0 amide bonds. The van der Waals surface area contributed by atoms with Crippen LogP contribution in [0.1, 0.15) is 18.7 Å². The van der Waals surface area contributed by atoms with Crippen molar-refractivity contribution < 1.29 is 0 Å². The van der Waals surface area contributed by atoms with E-state index >= 15 is 0 Å². The monoisotopic (exact) mass is 340 g/mol. The molecule has 0 fully saturated rings. The van der Waals surface area contributed by atoms with Crippen LogP contribution in [-0.2, 0) is 4.75 Å². The number of fused-ring (bicyclic) bond motifs is 6. The second kappa shape index (κ2) is 3.67.